The number of hydrogen-bond acceptors (Lipinski definition) is 5. The summed E-state index contributed by atoms with van der Waals surface area (Å²) in [5, 5.41) is 0. The number of nitrogens with zero attached hydrogens (tertiary/aromatic N) is 2. The van der Waals surface area contributed by atoms with Crippen LogP contribution in [0.3, 0.4) is 0 Å². The lowest BCUT2D eigenvalue weighted by atomic mass is 10.1. The van der Waals surface area contributed by atoms with Gasteiger partial charge in [0.1, 0.15) is 12.4 Å². The molecule has 0 unspecified atom stereocenters. The Labute approximate surface area is 168 Å². The number of likely N-dealkylation sites (N-methyl/N-ethyl adjacent to an activating group) is 1. The second-order valence-corrected chi connectivity index (χ2v) is 7.37. The Morgan fingerprint density at radius 3 is 2.43 bits per heavy atom. The van der Waals surface area contributed by atoms with Crippen molar-refractivity contribution in [3.63, 3.8) is 0 Å². The summed E-state index contributed by atoms with van der Waals surface area (Å²) in [5.41, 5.74) is 2.36. The van der Waals surface area contributed by atoms with Crippen LogP contribution in [0.15, 0.2) is 42.5 Å². The van der Waals surface area contributed by atoms with Crippen LogP contribution in [-0.4, -0.2) is 63.8 Å². The van der Waals surface area contributed by atoms with E-state index in [1.54, 1.807) is 14.2 Å². The molecule has 0 atom stereocenters. The van der Waals surface area contributed by atoms with Crippen molar-refractivity contribution in [2.75, 3.05) is 54.0 Å². The summed E-state index contributed by atoms with van der Waals surface area (Å²) in [6, 6.07) is 14.2. The molecule has 0 radical (unpaired) electrons. The van der Waals surface area contributed by atoms with Crippen molar-refractivity contribution in [3.8, 4) is 17.2 Å². The van der Waals surface area contributed by atoms with E-state index in [9.17, 15) is 0 Å². The maximum atomic E-state index is 6.07. The molecular formula is C23H32N2O3. The van der Waals surface area contributed by atoms with Gasteiger partial charge in [-0.25, -0.2) is 0 Å². The van der Waals surface area contributed by atoms with Crippen LogP contribution in [0.1, 0.15) is 17.5 Å². The average molecular weight is 385 g/mol. The van der Waals surface area contributed by atoms with Gasteiger partial charge in [0.2, 0.25) is 0 Å². The molecule has 1 aliphatic rings. The molecule has 1 saturated heterocycles. The van der Waals surface area contributed by atoms with Gasteiger partial charge in [-0.2, -0.15) is 0 Å². The quantitative estimate of drug-likeness (QED) is 0.661. The number of aryl methyl sites for hydroxylation is 1. The van der Waals surface area contributed by atoms with Crippen LogP contribution in [0.4, 0.5) is 0 Å². The van der Waals surface area contributed by atoms with Gasteiger partial charge in [-0.15, -0.1) is 0 Å². The van der Waals surface area contributed by atoms with Crippen molar-refractivity contribution in [2.45, 2.75) is 19.4 Å². The van der Waals surface area contributed by atoms with Gasteiger partial charge in [0.25, 0.3) is 0 Å². The molecule has 3 rings (SSSR count). The minimum atomic E-state index is 0.484. The lowest BCUT2D eigenvalue weighted by molar-refractivity contribution is 0.153. The number of methoxy groups -OCH3 is 2. The molecule has 2 aromatic rings. The molecule has 0 N–H and O–H groups in total. The van der Waals surface area contributed by atoms with Crippen molar-refractivity contribution in [1.29, 1.82) is 0 Å². The fraction of sp³-hybridized carbons (Fsp3) is 0.478. The predicted octanol–water partition coefficient (Wildman–Crippen LogP) is 3.46. The van der Waals surface area contributed by atoms with Gasteiger partial charge >= 0.3 is 0 Å². The van der Waals surface area contributed by atoms with E-state index in [1.807, 2.05) is 30.3 Å². The number of ether oxygens (including phenoxy) is 3. The second-order valence-electron chi connectivity index (χ2n) is 7.37. The zero-order valence-corrected chi connectivity index (χ0v) is 17.3. The third-order valence-electron chi connectivity index (χ3n) is 5.29. The standard InChI is InChI=1S/C23H32N2O3/c1-24-12-14-25(15-13-24)11-5-7-19-9-10-22(27-3)23(17-19)28-18-20-6-4-8-21(16-20)26-2/h4,6,8-10,16-17H,5,7,11-15,18H2,1-3H3. The number of piperazine rings is 1. The second kappa shape index (κ2) is 10.3. The van der Waals surface area contributed by atoms with E-state index in [0.717, 1.165) is 42.2 Å². The Morgan fingerprint density at radius 1 is 0.857 bits per heavy atom. The van der Waals surface area contributed by atoms with Crippen molar-refractivity contribution >= 4 is 0 Å². The minimum absolute atomic E-state index is 0.484. The molecule has 28 heavy (non-hydrogen) atoms. The monoisotopic (exact) mass is 384 g/mol. The summed E-state index contributed by atoms with van der Waals surface area (Å²) in [5.74, 6) is 2.40. The van der Waals surface area contributed by atoms with Gasteiger partial charge in [0, 0.05) is 26.2 Å². The fourth-order valence-electron chi connectivity index (χ4n) is 3.49. The molecule has 5 nitrogen and oxygen atoms in total. The third-order valence-corrected chi connectivity index (χ3v) is 5.29. The Balaban J connectivity index is 1.55. The van der Waals surface area contributed by atoms with Crippen LogP contribution in [-0.2, 0) is 13.0 Å². The topological polar surface area (TPSA) is 34.2 Å². The van der Waals surface area contributed by atoms with Crippen LogP contribution in [0, 0.1) is 0 Å². The number of hydrogen-bond donors (Lipinski definition) is 0. The highest BCUT2D eigenvalue weighted by atomic mass is 16.5. The molecule has 2 aromatic carbocycles. The van der Waals surface area contributed by atoms with E-state index < -0.39 is 0 Å². The van der Waals surface area contributed by atoms with Crippen molar-refractivity contribution in [3.05, 3.63) is 53.6 Å². The third kappa shape index (κ3) is 5.88. The lowest BCUT2D eigenvalue weighted by Gasteiger charge is -2.32. The molecule has 0 amide bonds. The highest BCUT2D eigenvalue weighted by Crippen LogP contribution is 2.29. The summed E-state index contributed by atoms with van der Waals surface area (Å²) in [4.78, 5) is 4.95. The number of rotatable bonds is 9. The highest BCUT2D eigenvalue weighted by Gasteiger charge is 2.13. The van der Waals surface area contributed by atoms with E-state index in [2.05, 4.69) is 29.0 Å². The fourth-order valence-corrected chi connectivity index (χ4v) is 3.49. The molecule has 1 heterocycles. The Kier molecular flexibility index (Phi) is 7.57. The first kappa shape index (κ1) is 20.5. The SMILES string of the molecule is COc1cccc(COc2cc(CCCN3CCN(C)CC3)ccc2OC)c1. The first-order valence-corrected chi connectivity index (χ1v) is 10.0. The van der Waals surface area contributed by atoms with E-state index in [1.165, 1.54) is 31.7 Å². The van der Waals surface area contributed by atoms with Crippen LogP contribution >= 0.6 is 0 Å². The normalized spacial score (nSPS) is 15.4. The molecule has 0 aromatic heterocycles. The average Bonchev–Trinajstić information content (AvgIpc) is 2.74. The van der Waals surface area contributed by atoms with Crippen molar-refractivity contribution in [1.82, 2.24) is 9.80 Å². The zero-order valence-electron chi connectivity index (χ0n) is 17.3. The van der Waals surface area contributed by atoms with Crippen molar-refractivity contribution in [2.24, 2.45) is 0 Å². The maximum Gasteiger partial charge on any atom is 0.161 e. The summed E-state index contributed by atoms with van der Waals surface area (Å²) in [7, 11) is 5.55. The summed E-state index contributed by atoms with van der Waals surface area (Å²) < 4.78 is 16.8. The summed E-state index contributed by atoms with van der Waals surface area (Å²) in [6.07, 6.45) is 2.21. The summed E-state index contributed by atoms with van der Waals surface area (Å²) >= 11 is 0. The molecule has 152 valence electrons. The van der Waals surface area contributed by atoms with Crippen molar-refractivity contribution < 1.29 is 14.2 Å². The molecule has 0 bridgehead atoms. The summed E-state index contributed by atoms with van der Waals surface area (Å²) in [6.45, 7) is 6.33. The smallest absolute Gasteiger partial charge is 0.161 e. The van der Waals surface area contributed by atoms with E-state index in [0.29, 0.717) is 6.61 Å². The molecular weight excluding hydrogens is 352 g/mol. The Hall–Kier alpha value is -2.24. The van der Waals surface area contributed by atoms with Gasteiger partial charge in [-0.3, -0.25) is 0 Å². The largest absolute Gasteiger partial charge is 0.497 e. The van der Waals surface area contributed by atoms with Crippen LogP contribution in [0.25, 0.3) is 0 Å². The van der Waals surface area contributed by atoms with Gasteiger partial charge in [0.15, 0.2) is 11.5 Å². The molecule has 0 aliphatic carbocycles. The van der Waals surface area contributed by atoms with Crippen LogP contribution in [0.2, 0.25) is 0 Å². The molecule has 5 heteroatoms. The highest BCUT2D eigenvalue weighted by molar-refractivity contribution is 5.43. The zero-order chi connectivity index (χ0) is 19.8. The van der Waals surface area contributed by atoms with E-state index in [-0.39, 0.29) is 0 Å². The Bertz CT molecular complexity index is 742. The van der Waals surface area contributed by atoms with Crippen LogP contribution < -0.4 is 14.2 Å². The van der Waals surface area contributed by atoms with Gasteiger partial charge in [0.05, 0.1) is 14.2 Å². The molecule has 1 aliphatic heterocycles. The molecule has 0 saturated carbocycles. The molecule has 1 fully saturated rings. The first-order chi connectivity index (χ1) is 13.7. The lowest BCUT2D eigenvalue weighted by Crippen LogP contribution is -2.44. The Morgan fingerprint density at radius 2 is 1.68 bits per heavy atom. The van der Waals surface area contributed by atoms with Gasteiger partial charge in [-0.1, -0.05) is 18.2 Å². The minimum Gasteiger partial charge on any atom is -0.497 e. The van der Waals surface area contributed by atoms with E-state index in [4.69, 9.17) is 14.2 Å². The van der Waals surface area contributed by atoms with Crippen LogP contribution in [0.5, 0.6) is 17.2 Å². The predicted molar refractivity (Wildman–Crippen MR) is 113 cm³/mol. The maximum absolute atomic E-state index is 6.07. The van der Waals surface area contributed by atoms with Gasteiger partial charge in [-0.05, 0) is 61.8 Å². The van der Waals surface area contributed by atoms with E-state index >= 15 is 0 Å². The first-order valence-electron chi connectivity index (χ1n) is 10.0. The number of benzene rings is 2. The molecule has 0 spiro atoms. The van der Waals surface area contributed by atoms with Gasteiger partial charge < -0.3 is 24.0 Å².